The molecule has 0 aliphatic rings. The predicted molar refractivity (Wildman–Crippen MR) is 38.9 cm³/mol. The van der Waals surface area contributed by atoms with Gasteiger partial charge in [0.25, 0.3) is 11.4 Å². The van der Waals surface area contributed by atoms with Crippen LogP contribution in [0.2, 0.25) is 0 Å². The Morgan fingerprint density at radius 3 is 1.40 bits per heavy atom. The number of rotatable bonds is 3. The topological polar surface area (TPSA) is 38.2 Å². The van der Waals surface area contributed by atoms with E-state index in [1.165, 1.54) is 13.8 Å². The fourth-order valence-electron chi connectivity index (χ4n) is 0.516. The van der Waals surface area contributed by atoms with Crippen molar-refractivity contribution < 1.29 is 11.7 Å². The van der Waals surface area contributed by atoms with E-state index in [1.807, 2.05) is 0 Å². The Bertz CT molecular complexity index is 81.1. The Balaban J connectivity index is 0. The van der Waals surface area contributed by atoms with E-state index in [4.69, 9.17) is 0 Å². The second-order valence-electron chi connectivity index (χ2n) is 1.50. The van der Waals surface area contributed by atoms with E-state index in [0.29, 0.717) is 4.31 Å². The Hall–Kier alpha value is 0.0600. The van der Waals surface area contributed by atoms with E-state index in [9.17, 15) is 11.7 Å². The maximum Gasteiger partial charge on any atom is 0.278 e. The van der Waals surface area contributed by atoms with Crippen molar-refractivity contribution in [2.45, 2.75) is 13.8 Å². The number of nitrogens with zero attached hydrogens (tertiary/aromatic N) is 1. The van der Waals surface area contributed by atoms with Crippen molar-refractivity contribution in [3.05, 3.63) is 0 Å². The predicted octanol–water partition coefficient (Wildman–Crippen LogP) is 2.86. The summed E-state index contributed by atoms with van der Waals surface area (Å²) in [6.45, 7) is 3.14. The minimum atomic E-state index is -4.93. The lowest BCUT2D eigenvalue weighted by Crippen LogP contribution is -2.19. The molecule has 10 heavy (non-hydrogen) atoms. The van der Waals surface area contributed by atoms with Gasteiger partial charge in [-0.25, -0.2) is 0 Å². The normalized spacial score (nSPS) is 13.0. The van der Waals surface area contributed by atoms with Gasteiger partial charge in [0.1, 0.15) is 0 Å². The van der Waals surface area contributed by atoms with E-state index < -0.39 is 11.4 Å². The van der Waals surface area contributed by atoms with Crippen LogP contribution in [0.4, 0.5) is 11.7 Å². The van der Waals surface area contributed by atoms with E-state index in [0.717, 1.165) is 0 Å². The molecule has 0 amide bonds. The van der Waals surface area contributed by atoms with Gasteiger partial charge in [-0.2, -0.15) is 4.31 Å². The third-order valence-electron chi connectivity index (χ3n) is 0.998. The molecular weight excluding hydrogens is 165 g/mol. The first-order valence-electron chi connectivity index (χ1n) is 2.69. The van der Waals surface area contributed by atoms with Crippen LogP contribution in [-0.4, -0.2) is 17.4 Å². The van der Waals surface area contributed by atoms with Crippen molar-refractivity contribution >= 4 is 11.4 Å². The first-order chi connectivity index (χ1) is 4.02. The van der Waals surface area contributed by atoms with Gasteiger partial charge in [0.15, 0.2) is 0 Å². The van der Waals surface area contributed by atoms with Gasteiger partial charge in [0.2, 0.25) is 0 Å². The average Bonchev–Trinajstić information content (AvgIpc) is 1.65. The van der Waals surface area contributed by atoms with Crippen LogP contribution in [0, 0.1) is 0 Å². The van der Waals surface area contributed by atoms with Crippen LogP contribution in [0.1, 0.15) is 13.8 Å². The van der Waals surface area contributed by atoms with Gasteiger partial charge in [-0.15, -0.1) is 11.7 Å². The van der Waals surface area contributed by atoms with Crippen molar-refractivity contribution in [1.29, 1.82) is 0 Å². The summed E-state index contributed by atoms with van der Waals surface area (Å²) in [7, 11) is 0. The molecule has 66 valence electrons. The van der Waals surface area contributed by atoms with Crippen LogP contribution in [0.3, 0.4) is 0 Å². The number of hydrogen-bond acceptors (Lipinski definition) is 2. The van der Waals surface area contributed by atoms with Crippen LogP contribution in [-0.2, 0) is 0 Å². The van der Waals surface area contributed by atoms with E-state index >= 15 is 0 Å². The zero-order chi connectivity index (χ0) is 7.49. The fraction of sp³-hybridized carbons (Fsp3) is 1.00. The van der Waals surface area contributed by atoms with Gasteiger partial charge >= 0.3 is 0 Å². The highest BCUT2D eigenvalue weighted by Gasteiger charge is 2.27. The molecule has 2 nitrogen and oxygen atoms in total. The highest BCUT2D eigenvalue weighted by Crippen LogP contribution is 2.55. The Labute approximate surface area is 61.3 Å². The van der Waals surface area contributed by atoms with Crippen molar-refractivity contribution in [3.63, 3.8) is 0 Å². The maximum atomic E-state index is 11.7. The lowest BCUT2D eigenvalue weighted by Gasteiger charge is -2.23. The molecule has 0 fully saturated rings. The lowest BCUT2D eigenvalue weighted by atomic mass is 10.7. The molecule has 0 saturated heterocycles. The molecule has 0 aliphatic carbocycles. The highest BCUT2D eigenvalue weighted by atomic mass is 32.3. The third-order valence-corrected chi connectivity index (χ3v) is 2.10. The van der Waals surface area contributed by atoms with Crippen LogP contribution in [0.25, 0.3) is 0 Å². The van der Waals surface area contributed by atoms with E-state index in [2.05, 4.69) is 0 Å². The molecule has 0 radical (unpaired) electrons. The van der Waals surface area contributed by atoms with Gasteiger partial charge in [0, 0.05) is 13.1 Å². The van der Waals surface area contributed by atoms with Gasteiger partial charge in [-0.1, -0.05) is 13.8 Å². The summed E-state index contributed by atoms with van der Waals surface area (Å²) >= 11 is -4.93. The lowest BCUT2D eigenvalue weighted by molar-refractivity contribution is 0.416. The molecule has 0 heterocycles. The minimum Gasteiger partial charge on any atom is -0.344 e. The molecule has 0 atom stereocenters. The molecule has 0 aliphatic heterocycles. The highest BCUT2D eigenvalue weighted by molar-refractivity contribution is 8.18. The smallest absolute Gasteiger partial charge is 0.278 e. The average molecular weight is 178 g/mol. The van der Waals surface area contributed by atoms with E-state index in [-0.39, 0.29) is 19.2 Å². The molecule has 0 spiro atoms. The molecule has 0 bridgehead atoms. The van der Waals surface area contributed by atoms with Crippen molar-refractivity contribution in [3.8, 4) is 0 Å². The standard InChI is InChI=1S/C4H10F3NS.H3N/c1-3-8(4-2)9(5,6)7;/h3-4H2,1-2H3;1H3. The first kappa shape index (κ1) is 12.7. The fourth-order valence-corrected chi connectivity index (χ4v) is 1.10. The summed E-state index contributed by atoms with van der Waals surface area (Å²) in [6.07, 6.45) is 0. The first-order valence-corrected chi connectivity index (χ1v) is 3.98. The summed E-state index contributed by atoms with van der Waals surface area (Å²) < 4.78 is 35.7. The van der Waals surface area contributed by atoms with E-state index in [1.54, 1.807) is 0 Å². The second kappa shape index (κ2) is 4.81. The maximum absolute atomic E-state index is 11.7. The molecule has 0 rings (SSSR count). The summed E-state index contributed by atoms with van der Waals surface area (Å²) in [5.41, 5.74) is 0. The summed E-state index contributed by atoms with van der Waals surface area (Å²) in [5.74, 6) is 0. The zero-order valence-electron chi connectivity index (χ0n) is 6.11. The third kappa shape index (κ3) is 3.97. The Kier molecular flexibility index (Phi) is 6.12. The van der Waals surface area contributed by atoms with Gasteiger partial charge in [0.05, 0.1) is 0 Å². The second-order valence-corrected chi connectivity index (χ2v) is 2.78. The Morgan fingerprint density at radius 2 is 1.40 bits per heavy atom. The van der Waals surface area contributed by atoms with Crippen LogP contribution >= 0.6 is 11.4 Å². The molecule has 0 aromatic rings. The SMILES string of the molecule is CCN(CC)S(F)(F)F.N. The largest absolute Gasteiger partial charge is 0.344 e. The number of halogens is 3. The summed E-state index contributed by atoms with van der Waals surface area (Å²) in [6, 6.07) is 0. The van der Waals surface area contributed by atoms with Gasteiger partial charge in [-0.05, 0) is 0 Å². The van der Waals surface area contributed by atoms with Crippen LogP contribution in [0.15, 0.2) is 0 Å². The molecule has 0 saturated carbocycles. The van der Waals surface area contributed by atoms with Gasteiger partial charge in [-0.3, -0.25) is 0 Å². The van der Waals surface area contributed by atoms with Crippen molar-refractivity contribution in [1.82, 2.24) is 10.5 Å². The molecule has 6 heteroatoms. The molecule has 0 aromatic heterocycles. The Morgan fingerprint density at radius 1 is 1.10 bits per heavy atom. The molecule has 0 aromatic carbocycles. The minimum absolute atomic E-state index is 0. The van der Waals surface area contributed by atoms with Crippen molar-refractivity contribution in [2.24, 2.45) is 0 Å². The zero-order valence-corrected chi connectivity index (χ0v) is 6.93. The summed E-state index contributed by atoms with van der Waals surface area (Å²) in [4.78, 5) is 0. The van der Waals surface area contributed by atoms with Crippen molar-refractivity contribution in [2.75, 3.05) is 13.1 Å². The molecular formula is C4H13F3N2S. The van der Waals surface area contributed by atoms with Crippen LogP contribution in [0.5, 0.6) is 0 Å². The van der Waals surface area contributed by atoms with Gasteiger partial charge < -0.3 is 6.15 Å². The molecule has 0 unspecified atom stereocenters. The quantitative estimate of drug-likeness (QED) is 0.721. The monoisotopic (exact) mass is 178 g/mol. The number of hydrogen-bond donors (Lipinski definition) is 1. The summed E-state index contributed by atoms with van der Waals surface area (Å²) in [5, 5.41) is 0. The molecule has 3 N–H and O–H groups in total. The van der Waals surface area contributed by atoms with Crippen LogP contribution < -0.4 is 6.15 Å².